The first-order valence-corrected chi connectivity index (χ1v) is 8.52. The molecule has 4 heterocycles. The monoisotopic (exact) mass is 326 g/mol. The van der Waals surface area contributed by atoms with Crippen molar-refractivity contribution in [2.24, 2.45) is 0 Å². The molecule has 0 N–H and O–H groups in total. The average Bonchev–Trinajstić information content (AvgIpc) is 2.95. The van der Waals surface area contributed by atoms with E-state index in [1.54, 1.807) is 23.9 Å². The largest absolute Gasteiger partial charge is 0.352 e. The molecular weight excluding hydrogens is 308 g/mol. The first-order valence-electron chi connectivity index (χ1n) is 7.70. The molecule has 0 bridgehead atoms. The van der Waals surface area contributed by atoms with Gasteiger partial charge < -0.3 is 9.80 Å². The summed E-state index contributed by atoms with van der Waals surface area (Å²) in [4.78, 5) is 24.7. The Morgan fingerprint density at radius 3 is 2.57 bits per heavy atom. The Morgan fingerprint density at radius 2 is 1.78 bits per heavy atom. The van der Waals surface area contributed by atoms with Crippen molar-refractivity contribution in [1.29, 1.82) is 0 Å². The van der Waals surface area contributed by atoms with Crippen LogP contribution >= 0.6 is 11.3 Å². The molecule has 23 heavy (non-hydrogen) atoms. The van der Waals surface area contributed by atoms with Crippen LogP contribution in [-0.4, -0.2) is 46.1 Å². The summed E-state index contributed by atoms with van der Waals surface area (Å²) in [6.07, 6.45) is 5.30. The van der Waals surface area contributed by atoms with Gasteiger partial charge in [-0.3, -0.25) is 4.98 Å². The first-order chi connectivity index (χ1) is 11.2. The molecule has 0 aliphatic carbocycles. The topological polar surface area (TPSA) is 58.0 Å². The summed E-state index contributed by atoms with van der Waals surface area (Å²) in [5, 5.41) is 1.17. The Labute approximate surface area is 138 Å². The minimum atomic E-state index is 0.923. The standard InChI is InChI=1S/C16H18N6S/c1-11-8-17-9-14(20-11)21-3-5-22(6-4-21)15-13-7-12(2)23-16(13)19-10-18-15/h7-10H,3-6H2,1-2H3. The van der Waals surface area contributed by atoms with Crippen LogP contribution in [0.15, 0.2) is 24.8 Å². The van der Waals surface area contributed by atoms with Gasteiger partial charge >= 0.3 is 0 Å². The number of fused-ring (bicyclic) bond motifs is 1. The minimum Gasteiger partial charge on any atom is -0.352 e. The molecule has 0 aromatic carbocycles. The molecule has 6 nitrogen and oxygen atoms in total. The molecular formula is C16H18N6S. The van der Waals surface area contributed by atoms with Crippen LogP contribution in [0.25, 0.3) is 10.2 Å². The first kappa shape index (κ1) is 14.3. The molecule has 0 spiro atoms. The number of anilines is 2. The Bertz CT molecular complexity index is 837. The highest BCUT2D eigenvalue weighted by molar-refractivity contribution is 7.18. The molecule has 3 aromatic heterocycles. The Balaban J connectivity index is 1.55. The molecule has 0 radical (unpaired) electrons. The third-order valence-electron chi connectivity index (χ3n) is 4.08. The molecule has 1 fully saturated rings. The number of hydrogen-bond acceptors (Lipinski definition) is 7. The zero-order chi connectivity index (χ0) is 15.8. The summed E-state index contributed by atoms with van der Waals surface area (Å²) in [6.45, 7) is 7.79. The van der Waals surface area contributed by atoms with Gasteiger partial charge in [0.05, 0.1) is 17.3 Å². The van der Waals surface area contributed by atoms with Gasteiger partial charge in [0.25, 0.3) is 0 Å². The molecule has 1 saturated heterocycles. The zero-order valence-electron chi connectivity index (χ0n) is 13.2. The maximum atomic E-state index is 4.57. The Hall–Kier alpha value is -2.28. The normalized spacial score (nSPS) is 15.4. The van der Waals surface area contributed by atoms with Gasteiger partial charge in [0.1, 0.15) is 22.8 Å². The number of nitrogens with zero attached hydrogens (tertiary/aromatic N) is 6. The van der Waals surface area contributed by atoms with Crippen molar-refractivity contribution in [2.45, 2.75) is 13.8 Å². The van der Waals surface area contributed by atoms with Gasteiger partial charge in [-0.25, -0.2) is 15.0 Å². The van der Waals surface area contributed by atoms with Crippen molar-refractivity contribution < 1.29 is 0 Å². The van der Waals surface area contributed by atoms with Gasteiger partial charge in [0.2, 0.25) is 0 Å². The number of aromatic nitrogens is 4. The summed E-state index contributed by atoms with van der Waals surface area (Å²) in [5.74, 6) is 2.01. The van der Waals surface area contributed by atoms with E-state index in [1.165, 1.54) is 10.3 Å². The van der Waals surface area contributed by atoms with E-state index in [4.69, 9.17) is 0 Å². The lowest BCUT2D eigenvalue weighted by Crippen LogP contribution is -2.47. The number of rotatable bonds is 2. The van der Waals surface area contributed by atoms with Crippen LogP contribution < -0.4 is 9.80 Å². The summed E-state index contributed by atoms with van der Waals surface area (Å²) < 4.78 is 0. The van der Waals surface area contributed by atoms with Crippen molar-refractivity contribution in [3.63, 3.8) is 0 Å². The van der Waals surface area contributed by atoms with Crippen molar-refractivity contribution >= 4 is 33.2 Å². The van der Waals surface area contributed by atoms with E-state index in [0.717, 1.165) is 48.3 Å². The number of thiophene rings is 1. The molecule has 3 aromatic rings. The van der Waals surface area contributed by atoms with E-state index in [1.807, 2.05) is 13.1 Å². The van der Waals surface area contributed by atoms with E-state index >= 15 is 0 Å². The van der Waals surface area contributed by atoms with Crippen molar-refractivity contribution in [3.05, 3.63) is 35.4 Å². The van der Waals surface area contributed by atoms with Gasteiger partial charge in [-0.15, -0.1) is 11.3 Å². The molecule has 0 unspecified atom stereocenters. The molecule has 0 atom stereocenters. The predicted octanol–water partition coefficient (Wildman–Crippen LogP) is 2.42. The lowest BCUT2D eigenvalue weighted by atomic mass is 10.2. The highest BCUT2D eigenvalue weighted by Crippen LogP contribution is 2.30. The van der Waals surface area contributed by atoms with Gasteiger partial charge in [0.15, 0.2) is 0 Å². The lowest BCUT2D eigenvalue weighted by molar-refractivity contribution is 0.641. The number of aryl methyl sites for hydroxylation is 2. The van der Waals surface area contributed by atoms with Crippen LogP contribution in [0.3, 0.4) is 0 Å². The van der Waals surface area contributed by atoms with Crippen LogP contribution in [-0.2, 0) is 0 Å². The Morgan fingerprint density at radius 1 is 1.00 bits per heavy atom. The Kier molecular flexibility index (Phi) is 3.57. The second-order valence-corrected chi connectivity index (χ2v) is 7.00. The van der Waals surface area contributed by atoms with Gasteiger partial charge in [0, 0.05) is 37.3 Å². The fourth-order valence-corrected chi connectivity index (χ4v) is 3.81. The molecule has 0 saturated carbocycles. The average molecular weight is 326 g/mol. The molecule has 1 aliphatic heterocycles. The summed E-state index contributed by atoms with van der Waals surface area (Å²) in [6, 6.07) is 2.19. The van der Waals surface area contributed by atoms with E-state index in [9.17, 15) is 0 Å². The molecule has 0 amide bonds. The zero-order valence-corrected chi connectivity index (χ0v) is 14.0. The van der Waals surface area contributed by atoms with E-state index in [2.05, 4.69) is 42.7 Å². The van der Waals surface area contributed by atoms with Crippen molar-refractivity contribution in [3.8, 4) is 0 Å². The van der Waals surface area contributed by atoms with Gasteiger partial charge in [-0.05, 0) is 19.9 Å². The third-order valence-corrected chi connectivity index (χ3v) is 5.04. The highest BCUT2D eigenvalue weighted by atomic mass is 32.1. The number of hydrogen-bond donors (Lipinski definition) is 0. The molecule has 7 heteroatoms. The van der Waals surface area contributed by atoms with Crippen LogP contribution in [0.4, 0.5) is 11.6 Å². The van der Waals surface area contributed by atoms with Crippen LogP contribution in [0.2, 0.25) is 0 Å². The lowest BCUT2D eigenvalue weighted by Gasteiger charge is -2.36. The van der Waals surface area contributed by atoms with E-state index < -0.39 is 0 Å². The fourth-order valence-electron chi connectivity index (χ4n) is 2.97. The maximum Gasteiger partial charge on any atom is 0.147 e. The maximum absolute atomic E-state index is 4.57. The number of piperazine rings is 1. The van der Waals surface area contributed by atoms with Crippen LogP contribution in [0.1, 0.15) is 10.6 Å². The second kappa shape index (κ2) is 5.73. The SMILES string of the molecule is Cc1cncc(N2CCN(c3ncnc4sc(C)cc34)CC2)n1. The van der Waals surface area contributed by atoms with Crippen molar-refractivity contribution in [1.82, 2.24) is 19.9 Å². The highest BCUT2D eigenvalue weighted by Gasteiger charge is 2.21. The van der Waals surface area contributed by atoms with Crippen molar-refractivity contribution in [2.75, 3.05) is 36.0 Å². The van der Waals surface area contributed by atoms with E-state index in [0.29, 0.717) is 0 Å². The molecule has 1 aliphatic rings. The third kappa shape index (κ3) is 2.72. The van der Waals surface area contributed by atoms with E-state index in [-0.39, 0.29) is 0 Å². The summed E-state index contributed by atoms with van der Waals surface area (Å²) in [7, 11) is 0. The van der Waals surface area contributed by atoms with Crippen LogP contribution in [0.5, 0.6) is 0 Å². The summed E-state index contributed by atoms with van der Waals surface area (Å²) >= 11 is 1.72. The second-order valence-electron chi connectivity index (χ2n) is 5.77. The fraction of sp³-hybridized carbons (Fsp3) is 0.375. The minimum absolute atomic E-state index is 0.923. The molecule has 118 valence electrons. The molecule has 4 rings (SSSR count). The van der Waals surface area contributed by atoms with Crippen LogP contribution in [0, 0.1) is 13.8 Å². The van der Waals surface area contributed by atoms with Gasteiger partial charge in [-0.2, -0.15) is 0 Å². The van der Waals surface area contributed by atoms with Gasteiger partial charge in [-0.1, -0.05) is 0 Å². The smallest absolute Gasteiger partial charge is 0.147 e. The summed E-state index contributed by atoms with van der Waals surface area (Å²) in [5.41, 5.74) is 0.955. The predicted molar refractivity (Wildman–Crippen MR) is 93.3 cm³/mol. The quantitative estimate of drug-likeness (QED) is 0.721.